The molecule has 184 valence electrons. The lowest BCUT2D eigenvalue weighted by Crippen LogP contribution is -2.20. The fraction of sp³-hybridized carbons (Fsp3) is 0.179. The maximum absolute atomic E-state index is 12.9. The summed E-state index contributed by atoms with van der Waals surface area (Å²) >= 11 is 6.88. The molecule has 2 N–H and O–H groups in total. The van der Waals surface area contributed by atoms with Crippen LogP contribution in [0.1, 0.15) is 27.8 Å². The van der Waals surface area contributed by atoms with Gasteiger partial charge in [-0.2, -0.15) is 5.26 Å². The summed E-state index contributed by atoms with van der Waals surface area (Å²) in [7, 11) is 0. The van der Waals surface area contributed by atoms with Gasteiger partial charge in [-0.3, -0.25) is 9.59 Å². The quantitative estimate of drug-likeness (QED) is 0.222. The van der Waals surface area contributed by atoms with Gasteiger partial charge in [0, 0.05) is 21.4 Å². The number of ether oxygens (including phenoxy) is 1. The smallest absolute Gasteiger partial charge is 0.266 e. The number of nitrogens with zero attached hydrogens (tertiary/aromatic N) is 1. The van der Waals surface area contributed by atoms with E-state index in [1.54, 1.807) is 18.2 Å². The van der Waals surface area contributed by atoms with Gasteiger partial charge in [0.05, 0.1) is 4.47 Å². The first-order valence-corrected chi connectivity index (χ1v) is 12.7. The van der Waals surface area contributed by atoms with Crippen molar-refractivity contribution in [2.75, 3.05) is 17.2 Å². The summed E-state index contributed by atoms with van der Waals surface area (Å²) in [5.41, 5.74) is 5.83. The van der Waals surface area contributed by atoms with E-state index in [1.807, 2.05) is 64.1 Å². The molecule has 0 saturated carbocycles. The molecular formula is C28H25Br2N3O3. The maximum Gasteiger partial charge on any atom is 0.266 e. The Balaban J connectivity index is 1.81. The second kappa shape index (κ2) is 12.0. The number of rotatable bonds is 7. The molecule has 0 spiro atoms. The molecule has 6 nitrogen and oxygen atoms in total. The van der Waals surface area contributed by atoms with E-state index in [0.717, 1.165) is 22.3 Å². The van der Waals surface area contributed by atoms with Crippen molar-refractivity contribution in [3.63, 3.8) is 0 Å². The van der Waals surface area contributed by atoms with Gasteiger partial charge in [-0.15, -0.1) is 0 Å². The van der Waals surface area contributed by atoms with E-state index in [-0.39, 0.29) is 18.1 Å². The number of carbonyl (C=O) groups is 2. The van der Waals surface area contributed by atoms with Gasteiger partial charge in [0.1, 0.15) is 17.4 Å². The third-order valence-corrected chi connectivity index (χ3v) is 6.52. The number of carbonyl (C=O) groups excluding carboxylic acids is 2. The van der Waals surface area contributed by atoms with E-state index >= 15 is 0 Å². The first-order valence-electron chi connectivity index (χ1n) is 11.1. The fourth-order valence-corrected chi connectivity index (χ4v) is 4.81. The lowest BCUT2D eigenvalue weighted by Gasteiger charge is -2.13. The van der Waals surface area contributed by atoms with Crippen molar-refractivity contribution in [2.24, 2.45) is 0 Å². The van der Waals surface area contributed by atoms with E-state index in [2.05, 4.69) is 42.5 Å². The largest absolute Gasteiger partial charge is 0.482 e. The summed E-state index contributed by atoms with van der Waals surface area (Å²) < 4.78 is 7.09. The molecule has 0 aromatic heterocycles. The molecule has 0 fully saturated rings. The average Bonchev–Trinajstić information content (AvgIpc) is 2.80. The van der Waals surface area contributed by atoms with Crippen LogP contribution >= 0.6 is 31.9 Å². The van der Waals surface area contributed by atoms with E-state index in [4.69, 9.17) is 4.74 Å². The second-order valence-electron chi connectivity index (χ2n) is 8.38. The van der Waals surface area contributed by atoms with Crippen LogP contribution < -0.4 is 15.4 Å². The highest BCUT2D eigenvalue weighted by Crippen LogP contribution is 2.34. The van der Waals surface area contributed by atoms with Gasteiger partial charge in [0.25, 0.3) is 11.8 Å². The van der Waals surface area contributed by atoms with Crippen LogP contribution in [0.3, 0.4) is 0 Å². The normalized spacial score (nSPS) is 11.0. The van der Waals surface area contributed by atoms with Gasteiger partial charge in [-0.1, -0.05) is 39.7 Å². The average molecular weight is 611 g/mol. The third kappa shape index (κ3) is 7.06. The monoisotopic (exact) mass is 609 g/mol. The van der Waals surface area contributed by atoms with Gasteiger partial charge in [0.2, 0.25) is 0 Å². The summed E-state index contributed by atoms with van der Waals surface area (Å²) in [5, 5.41) is 15.3. The maximum atomic E-state index is 12.9. The minimum Gasteiger partial charge on any atom is -0.482 e. The number of anilines is 2. The van der Waals surface area contributed by atoms with Crippen molar-refractivity contribution < 1.29 is 14.3 Å². The number of hydrogen-bond donors (Lipinski definition) is 2. The van der Waals surface area contributed by atoms with Crippen molar-refractivity contribution in [1.82, 2.24) is 0 Å². The summed E-state index contributed by atoms with van der Waals surface area (Å²) in [6.07, 6.45) is 1.44. The number of nitriles is 1. The molecule has 3 rings (SSSR count). The van der Waals surface area contributed by atoms with Crippen LogP contribution in [0.25, 0.3) is 6.08 Å². The number of benzene rings is 3. The van der Waals surface area contributed by atoms with E-state index in [0.29, 0.717) is 31.6 Å². The summed E-state index contributed by atoms with van der Waals surface area (Å²) in [4.78, 5) is 25.4. The zero-order chi connectivity index (χ0) is 26.4. The highest BCUT2D eigenvalue weighted by molar-refractivity contribution is 9.11. The Kier molecular flexibility index (Phi) is 9.08. The van der Waals surface area contributed by atoms with Gasteiger partial charge in [-0.05, 0) is 96.7 Å². The Hall–Kier alpha value is -3.41. The highest BCUT2D eigenvalue weighted by Gasteiger charge is 2.16. The molecule has 0 aliphatic rings. The van der Waals surface area contributed by atoms with Crippen LogP contribution in [0.5, 0.6) is 5.75 Å². The van der Waals surface area contributed by atoms with Crippen molar-refractivity contribution in [3.8, 4) is 11.8 Å². The number of hydrogen-bond acceptors (Lipinski definition) is 4. The predicted octanol–water partition coefficient (Wildman–Crippen LogP) is 7.01. The van der Waals surface area contributed by atoms with Crippen LogP contribution in [0, 0.1) is 39.0 Å². The molecule has 0 heterocycles. The number of halogens is 2. The van der Waals surface area contributed by atoms with Crippen molar-refractivity contribution in [1.29, 1.82) is 5.26 Å². The second-order valence-corrected chi connectivity index (χ2v) is 10.2. The molecule has 3 aromatic carbocycles. The first-order chi connectivity index (χ1) is 17.1. The Labute approximate surface area is 227 Å². The van der Waals surface area contributed by atoms with E-state index in [9.17, 15) is 14.9 Å². The van der Waals surface area contributed by atoms with Crippen LogP contribution in [-0.4, -0.2) is 18.4 Å². The Bertz CT molecular complexity index is 1410. The molecule has 0 saturated heterocycles. The van der Waals surface area contributed by atoms with Gasteiger partial charge < -0.3 is 15.4 Å². The molecule has 36 heavy (non-hydrogen) atoms. The summed E-state index contributed by atoms with van der Waals surface area (Å²) in [6.45, 7) is 7.57. The Morgan fingerprint density at radius 2 is 1.69 bits per heavy atom. The first kappa shape index (κ1) is 27.2. The Morgan fingerprint density at radius 3 is 2.36 bits per heavy atom. The van der Waals surface area contributed by atoms with Gasteiger partial charge in [-0.25, -0.2) is 0 Å². The lowest BCUT2D eigenvalue weighted by atomic mass is 10.1. The van der Waals surface area contributed by atoms with Gasteiger partial charge in [0.15, 0.2) is 6.61 Å². The molecule has 0 radical (unpaired) electrons. The highest BCUT2D eigenvalue weighted by atomic mass is 79.9. The van der Waals surface area contributed by atoms with E-state index < -0.39 is 5.91 Å². The fourth-order valence-electron chi connectivity index (χ4n) is 3.44. The van der Waals surface area contributed by atoms with Crippen LogP contribution in [0.2, 0.25) is 0 Å². The Morgan fingerprint density at radius 1 is 0.944 bits per heavy atom. The zero-order valence-corrected chi connectivity index (χ0v) is 23.5. The van der Waals surface area contributed by atoms with E-state index in [1.165, 1.54) is 6.08 Å². The number of nitrogens with one attached hydrogen (secondary N) is 2. The molecule has 0 atom stereocenters. The molecule has 0 unspecified atom stereocenters. The summed E-state index contributed by atoms with van der Waals surface area (Å²) in [6, 6.07) is 16.7. The molecule has 2 amide bonds. The molecule has 0 aliphatic carbocycles. The molecule has 3 aromatic rings. The van der Waals surface area contributed by atoms with Crippen molar-refractivity contribution in [3.05, 3.63) is 90.9 Å². The SMILES string of the molecule is Cc1ccc(NC(=O)/C(C#N)=C/c2cc(Br)cc(Br)c2OCC(=O)Nc2ccc(C)c(C)c2)c(C)c1. The number of aryl methyl sites for hydroxylation is 4. The zero-order valence-electron chi connectivity index (χ0n) is 20.3. The summed E-state index contributed by atoms with van der Waals surface area (Å²) in [5.74, 6) is -0.546. The van der Waals surface area contributed by atoms with Crippen LogP contribution in [-0.2, 0) is 9.59 Å². The minimum atomic E-state index is -0.543. The topological polar surface area (TPSA) is 91.2 Å². The van der Waals surface area contributed by atoms with Crippen LogP contribution in [0.4, 0.5) is 11.4 Å². The minimum absolute atomic E-state index is 0.107. The van der Waals surface area contributed by atoms with Crippen LogP contribution in [0.15, 0.2) is 63.0 Å². The predicted molar refractivity (Wildman–Crippen MR) is 150 cm³/mol. The molecular weight excluding hydrogens is 586 g/mol. The molecule has 8 heteroatoms. The van der Waals surface area contributed by atoms with Crippen molar-refractivity contribution >= 4 is 61.1 Å². The number of amides is 2. The molecule has 0 bridgehead atoms. The van der Waals surface area contributed by atoms with Gasteiger partial charge >= 0.3 is 0 Å². The standard InChI is InChI=1S/C28H25Br2N3O3/c1-16-5-8-25(19(4)9-16)33-28(35)21(14-31)11-20-12-22(29)13-24(30)27(20)36-15-26(34)32-23-7-6-17(2)18(3)10-23/h5-13H,15H2,1-4H3,(H,32,34)(H,33,35)/b21-11+. The van der Waals surface area contributed by atoms with Crippen molar-refractivity contribution in [2.45, 2.75) is 27.7 Å². The third-order valence-electron chi connectivity index (χ3n) is 5.47. The molecule has 0 aliphatic heterocycles. The lowest BCUT2D eigenvalue weighted by molar-refractivity contribution is -0.118.